The molecule has 0 saturated heterocycles. The number of halogens is 1. The zero-order valence-corrected chi connectivity index (χ0v) is 19.7. The van der Waals surface area contributed by atoms with Crippen LogP contribution in [0, 0.1) is 13.8 Å². The summed E-state index contributed by atoms with van der Waals surface area (Å²) < 4.78 is 12.8. The van der Waals surface area contributed by atoms with Crippen LogP contribution in [0.15, 0.2) is 39.0 Å². The number of nitrogens with one attached hydrogen (secondary N) is 1. The highest BCUT2D eigenvalue weighted by Gasteiger charge is 2.22. The van der Waals surface area contributed by atoms with Gasteiger partial charge in [0.25, 0.3) is 0 Å². The quantitative estimate of drug-likeness (QED) is 0.266. The molecule has 0 aromatic carbocycles. The Labute approximate surface area is 189 Å². The van der Waals surface area contributed by atoms with Crippen LogP contribution in [0.4, 0.5) is 5.00 Å². The monoisotopic (exact) mass is 510 g/mol. The van der Waals surface area contributed by atoms with Crippen LogP contribution in [0.3, 0.4) is 0 Å². The van der Waals surface area contributed by atoms with Crippen LogP contribution < -0.4 is 5.32 Å². The predicted octanol–water partition coefficient (Wildman–Crippen LogP) is 4.68. The summed E-state index contributed by atoms with van der Waals surface area (Å²) in [6.45, 7) is 7.94. The standard InChI is InChI=1S/C19H19BrN4O4S2/c1-5-8-24-16(12-6-7-13(20)28-12)22-23-19(24)29-9-14(25)21-17-15(18(26)27-4)10(2)11(3)30-17/h5-7H,1,8-9H2,2-4H3,(H,21,25). The molecule has 3 heterocycles. The third-order valence-corrected chi connectivity index (χ3v) is 6.70. The molecule has 3 rings (SSSR count). The lowest BCUT2D eigenvalue weighted by molar-refractivity contribution is -0.113. The molecular formula is C19H19BrN4O4S2. The fourth-order valence-electron chi connectivity index (χ4n) is 2.66. The molecular weight excluding hydrogens is 492 g/mol. The molecule has 1 N–H and O–H groups in total. The van der Waals surface area contributed by atoms with Crippen molar-refractivity contribution in [1.82, 2.24) is 14.8 Å². The number of esters is 1. The van der Waals surface area contributed by atoms with Gasteiger partial charge in [-0.05, 0) is 47.5 Å². The number of ether oxygens (including phenoxy) is 1. The van der Waals surface area contributed by atoms with E-state index in [4.69, 9.17) is 9.15 Å². The van der Waals surface area contributed by atoms with Crippen molar-refractivity contribution in [3.8, 4) is 11.6 Å². The fourth-order valence-corrected chi connectivity index (χ4v) is 4.78. The van der Waals surface area contributed by atoms with E-state index in [1.165, 1.54) is 30.2 Å². The van der Waals surface area contributed by atoms with E-state index < -0.39 is 5.97 Å². The highest BCUT2D eigenvalue weighted by Crippen LogP contribution is 2.33. The minimum Gasteiger partial charge on any atom is -0.465 e. The smallest absolute Gasteiger partial charge is 0.341 e. The SMILES string of the molecule is C=CCn1c(SCC(=O)Nc2sc(C)c(C)c2C(=O)OC)nnc1-c1ccc(Br)o1. The molecule has 0 unspecified atom stereocenters. The number of allylic oxidation sites excluding steroid dienone is 1. The van der Waals surface area contributed by atoms with Gasteiger partial charge in [0.15, 0.2) is 15.6 Å². The average Bonchev–Trinajstić information content (AvgIpc) is 3.38. The van der Waals surface area contributed by atoms with Gasteiger partial charge in [0, 0.05) is 11.4 Å². The number of nitrogens with zero attached hydrogens (tertiary/aromatic N) is 3. The molecule has 30 heavy (non-hydrogen) atoms. The Bertz CT molecular complexity index is 1100. The number of rotatable bonds is 8. The maximum absolute atomic E-state index is 12.5. The third kappa shape index (κ3) is 4.68. The highest BCUT2D eigenvalue weighted by molar-refractivity contribution is 9.10. The topological polar surface area (TPSA) is 99.2 Å². The van der Waals surface area contributed by atoms with Gasteiger partial charge >= 0.3 is 5.97 Å². The summed E-state index contributed by atoms with van der Waals surface area (Å²) in [6.07, 6.45) is 1.72. The van der Waals surface area contributed by atoms with Crippen molar-refractivity contribution in [2.45, 2.75) is 25.5 Å². The first-order valence-electron chi connectivity index (χ1n) is 8.76. The number of methoxy groups -OCH3 is 1. The number of anilines is 1. The van der Waals surface area contributed by atoms with Crippen molar-refractivity contribution in [3.05, 3.63) is 45.5 Å². The number of carbonyl (C=O) groups excluding carboxylic acids is 2. The van der Waals surface area contributed by atoms with Crippen molar-refractivity contribution in [3.63, 3.8) is 0 Å². The maximum atomic E-state index is 12.5. The van der Waals surface area contributed by atoms with Crippen LogP contribution >= 0.6 is 39.0 Å². The largest absolute Gasteiger partial charge is 0.465 e. The second kappa shape index (κ2) is 9.63. The van der Waals surface area contributed by atoms with Gasteiger partial charge in [-0.25, -0.2) is 4.79 Å². The molecule has 0 bridgehead atoms. The first kappa shape index (κ1) is 22.3. The Morgan fingerprint density at radius 2 is 2.17 bits per heavy atom. The molecule has 1 amide bonds. The number of amides is 1. The predicted molar refractivity (Wildman–Crippen MR) is 120 cm³/mol. The zero-order chi connectivity index (χ0) is 21.8. The van der Waals surface area contributed by atoms with Crippen LogP contribution in [-0.4, -0.2) is 39.5 Å². The minimum absolute atomic E-state index is 0.0910. The summed E-state index contributed by atoms with van der Waals surface area (Å²) in [5.41, 5.74) is 1.19. The van der Waals surface area contributed by atoms with E-state index in [-0.39, 0.29) is 11.7 Å². The molecule has 158 valence electrons. The van der Waals surface area contributed by atoms with Crippen LogP contribution in [-0.2, 0) is 16.1 Å². The van der Waals surface area contributed by atoms with E-state index >= 15 is 0 Å². The summed E-state index contributed by atoms with van der Waals surface area (Å²) in [4.78, 5) is 25.6. The minimum atomic E-state index is -0.472. The van der Waals surface area contributed by atoms with E-state index in [9.17, 15) is 9.59 Å². The van der Waals surface area contributed by atoms with Crippen LogP contribution in [0.2, 0.25) is 0 Å². The lowest BCUT2D eigenvalue weighted by Gasteiger charge is -2.07. The summed E-state index contributed by atoms with van der Waals surface area (Å²) in [5, 5.41) is 12.2. The highest BCUT2D eigenvalue weighted by atomic mass is 79.9. The van der Waals surface area contributed by atoms with E-state index in [1.54, 1.807) is 18.2 Å². The van der Waals surface area contributed by atoms with Crippen LogP contribution in [0.1, 0.15) is 20.8 Å². The lowest BCUT2D eigenvalue weighted by atomic mass is 10.1. The van der Waals surface area contributed by atoms with Gasteiger partial charge < -0.3 is 14.5 Å². The molecule has 0 saturated carbocycles. The zero-order valence-electron chi connectivity index (χ0n) is 16.5. The van der Waals surface area contributed by atoms with Crippen molar-refractivity contribution in [2.24, 2.45) is 0 Å². The normalized spacial score (nSPS) is 10.8. The third-order valence-electron chi connectivity index (χ3n) is 4.18. The maximum Gasteiger partial charge on any atom is 0.341 e. The first-order chi connectivity index (χ1) is 14.3. The lowest BCUT2D eigenvalue weighted by Crippen LogP contribution is -2.16. The molecule has 0 atom stereocenters. The molecule has 0 fully saturated rings. The van der Waals surface area contributed by atoms with E-state index in [0.717, 1.165) is 10.4 Å². The number of thiophene rings is 1. The van der Waals surface area contributed by atoms with E-state index in [0.29, 0.717) is 38.5 Å². The van der Waals surface area contributed by atoms with Gasteiger partial charge in [0.2, 0.25) is 11.7 Å². The number of furan rings is 1. The molecule has 0 aliphatic carbocycles. The molecule has 0 radical (unpaired) electrons. The average molecular weight is 511 g/mol. The van der Waals surface area contributed by atoms with Crippen molar-refractivity contribution < 1.29 is 18.7 Å². The molecule has 0 aliphatic heterocycles. The summed E-state index contributed by atoms with van der Waals surface area (Å²) in [6, 6.07) is 3.55. The summed E-state index contributed by atoms with van der Waals surface area (Å²) in [7, 11) is 1.32. The van der Waals surface area contributed by atoms with Crippen molar-refractivity contribution in [1.29, 1.82) is 0 Å². The van der Waals surface area contributed by atoms with Crippen molar-refractivity contribution >= 4 is 55.9 Å². The number of aryl methyl sites for hydroxylation is 1. The first-order valence-corrected chi connectivity index (χ1v) is 11.4. The number of hydrogen-bond acceptors (Lipinski definition) is 8. The van der Waals surface area contributed by atoms with E-state index in [2.05, 4.69) is 38.0 Å². The Kier molecular flexibility index (Phi) is 7.16. The fraction of sp³-hybridized carbons (Fsp3) is 0.263. The molecule has 3 aromatic rings. The molecule has 0 spiro atoms. The summed E-state index contributed by atoms with van der Waals surface area (Å²) in [5.74, 6) is 0.454. The Morgan fingerprint density at radius 1 is 1.40 bits per heavy atom. The molecule has 3 aromatic heterocycles. The second-order valence-corrected chi connectivity index (χ2v) is 9.07. The number of thioether (sulfide) groups is 1. The number of aromatic nitrogens is 3. The van der Waals surface area contributed by atoms with Gasteiger partial charge in [-0.15, -0.1) is 28.1 Å². The molecule has 0 aliphatic rings. The number of hydrogen-bond donors (Lipinski definition) is 1. The molecule has 8 nitrogen and oxygen atoms in total. The van der Waals surface area contributed by atoms with Gasteiger partial charge in [0.05, 0.1) is 18.4 Å². The second-order valence-electron chi connectivity index (χ2n) is 6.13. The number of carbonyl (C=O) groups is 2. The van der Waals surface area contributed by atoms with Gasteiger partial charge in [-0.3, -0.25) is 9.36 Å². The van der Waals surface area contributed by atoms with Gasteiger partial charge in [-0.1, -0.05) is 17.8 Å². The van der Waals surface area contributed by atoms with Crippen molar-refractivity contribution in [2.75, 3.05) is 18.2 Å². The Hall–Kier alpha value is -2.37. The molecule has 11 heteroatoms. The van der Waals surface area contributed by atoms with Crippen LogP contribution in [0.5, 0.6) is 0 Å². The van der Waals surface area contributed by atoms with Crippen LogP contribution in [0.25, 0.3) is 11.6 Å². The summed E-state index contributed by atoms with van der Waals surface area (Å²) >= 11 is 5.85. The van der Waals surface area contributed by atoms with E-state index in [1.807, 2.05) is 18.4 Å². The Morgan fingerprint density at radius 3 is 2.80 bits per heavy atom. The Balaban J connectivity index is 1.74. The van der Waals surface area contributed by atoms with Gasteiger partial charge in [0.1, 0.15) is 5.00 Å². The van der Waals surface area contributed by atoms with Gasteiger partial charge in [-0.2, -0.15) is 0 Å².